The number of ether oxygens (including phenoxy) is 2. The highest BCUT2D eigenvalue weighted by atomic mass is 19.4. The lowest BCUT2D eigenvalue weighted by Crippen LogP contribution is -2.50. The Kier molecular flexibility index (Phi) is 10.9. The number of halogens is 3. The van der Waals surface area contributed by atoms with E-state index >= 15 is 0 Å². The van der Waals surface area contributed by atoms with Crippen molar-refractivity contribution in [2.75, 3.05) is 20.1 Å². The predicted octanol–water partition coefficient (Wildman–Crippen LogP) is 6.74. The maximum absolute atomic E-state index is 13.0. The number of nitrogens with zero attached hydrogens (tertiary/aromatic N) is 2. The molecule has 0 bridgehead atoms. The van der Waals surface area contributed by atoms with Crippen LogP contribution < -0.4 is 5.32 Å². The van der Waals surface area contributed by atoms with Crippen LogP contribution in [0.15, 0.2) is 91.0 Å². The van der Waals surface area contributed by atoms with Crippen LogP contribution in [-0.2, 0) is 32.2 Å². The first kappa shape index (κ1) is 35.5. The first-order valence-electron chi connectivity index (χ1n) is 16.9. The number of alkyl halides is 3. The van der Waals surface area contributed by atoms with Gasteiger partial charge in [0.15, 0.2) is 6.29 Å². The molecule has 4 aromatic carbocycles. The van der Waals surface area contributed by atoms with Crippen LogP contribution in [0.4, 0.5) is 13.2 Å². The Morgan fingerprint density at radius 1 is 0.940 bits per heavy atom. The van der Waals surface area contributed by atoms with E-state index in [4.69, 9.17) is 9.47 Å². The zero-order valence-electron chi connectivity index (χ0n) is 28.1. The molecule has 5 atom stereocenters. The quantitative estimate of drug-likeness (QED) is 0.192. The van der Waals surface area contributed by atoms with Crippen LogP contribution in [0.25, 0.3) is 10.8 Å². The monoisotopic (exact) mass is 689 g/mol. The lowest BCUT2D eigenvalue weighted by atomic mass is 9.98. The Bertz CT molecular complexity index is 1780. The molecule has 0 unspecified atom stereocenters. The van der Waals surface area contributed by atoms with E-state index in [0.717, 1.165) is 22.3 Å². The van der Waals surface area contributed by atoms with Gasteiger partial charge in [-0.15, -0.1) is 0 Å². The Morgan fingerprint density at radius 2 is 1.62 bits per heavy atom. The molecule has 4 aromatic rings. The van der Waals surface area contributed by atoms with Gasteiger partial charge in [-0.1, -0.05) is 84.9 Å². The standard InChI is InChI=1S/C39H42F3N3O5/c1-25(31-18-17-28-6-3-4-7-32(28)20-31)44(2)23-33-21-35(29-13-11-27(24-46)12-14-29)50-37(49-33)30-15-9-26(10-16-30)22-43-36(47)34-8-5-19-45(34)38(48)39(40,41)42/h3-4,6-7,9-18,20,25,33-35,37,46H,5,8,19,21-24H2,1-2H3,(H,43,47)/t25-,33+,34+,35-,37-/m1/s1. The summed E-state index contributed by atoms with van der Waals surface area (Å²) < 4.78 is 52.1. The number of nitrogens with one attached hydrogen (secondary N) is 1. The third kappa shape index (κ3) is 8.18. The van der Waals surface area contributed by atoms with Gasteiger partial charge < -0.3 is 24.8 Å². The van der Waals surface area contributed by atoms with Gasteiger partial charge in [0.1, 0.15) is 6.04 Å². The smallest absolute Gasteiger partial charge is 0.392 e. The third-order valence-corrected chi connectivity index (χ3v) is 9.80. The van der Waals surface area contributed by atoms with Crippen LogP contribution in [0.1, 0.15) is 72.4 Å². The Hall–Kier alpha value is -4.29. The molecule has 0 radical (unpaired) electrons. The van der Waals surface area contributed by atoms with Gasteiger partial charge >= 0.3 is 12.1 Å². The molecule has 2 aliphatic rings. The van der Waals surface area contributed by atoms with Crippen LogP contribution in [-0.4, -0.2) is 65.2 Å². The molecule has 2 heterocycles. The maximum Gasteiger partial charge on any atom is 0.471 e. The number of amides is 2. The minimum atomic E-state index is -5.02. The summed E-state index contributed by atoms with van der Waals surface area (Å²) in [5.74, 6) is -2.59. The zero-order chi connectivity index (χ0) is 35.4. The van der Waals surface area contributed by atoms with Gasteiger partial charge in [-0.2, -0.15) is 13.2 Å². The van der Waals surface area contributed by atoms with Crippen LogP contribution in [0.2, 0.25) is 0 Å². The van der Waals surface area contributed by atoms with Crippen molar-refractivity contribution in [2.45, 2.75) is 76.1 Å². The normalized spacial score (nSPS) is 21.8. The predicted molar refractivity (Wildman–Crippen MR) is 182 cm³/mol. The molecule has 2 fully saturated rings. The van der Waals surface area contributed by atoms with Gasteiger partial charge in [0.25, 0.3) is 0 Å². The first-order chi connectivity index (χ1) is 24.0. The molecule has 0 saturated carbocycles. The van der Waals surface area contributed by atoms with Crippen molar-refractivity contribution in [3.05, 3.63) is 119 Å². The number of aliphatic hydroxyl groups is 1. The van der Waals surface area contributed by atoms with Crippen molar-refractivity contribution < 1.29 is 37.3 Å². The Labute approximate surface area is 289 Å². The SMILES string of the molecule is C[C@H](c1ccc2ccccc2c1)N(C)C[C@@H]1C[C@H](c2ccc(CO)cc2)O[C@H](c2ccc(CNC(=O)[C@@H]3CCCN3C(=O)C(F)(F)F)cc2)O1. The maximum atomic E-state index is 13.0. The summed E-state index contributed by atoms with van der Waals surface area (Å²) in [6, 6.07) is 28.9. The second-order valence-electron chi connectivity index (χ2n) is 13.2. The summed E-state index contributed by atoms with van der Waals surface area (Å²) in [4.78, 5) is 27.5. The molecule has 2 aliphatic heterocycles. The largest absolute Gasteiger partial charge is 0.471 e. The van der Waals surface area contributed by atoms with E-state index in [0.29, 0.717) is 24.3 Å². The fraction of sp³-hybridized carbons (Fsp3) is 0.385. The molecule has 0 spiro atoms. The molecule has 8 nitrogen and oxygen atoms in total. The topological polar surface area (TPSA) is 91.3 Å². The average Bonchev–Trinajstić information content (AvgIpc) is 3.63. The lowest BCUT2D eigenvalue weighted by Gasteiger charge is -2.39. The minimum Gasteiger partial charge on any atom is -0.392 e. The fourth-order valence-electron chi connectivity index (χ4n) is 6.78. The van der Waals surface area contributed by atoms with E-state index in [1.807, 2.05) is 60.7 Å². The summed E-state index contributed by atoms with van der Waals surface area (Å²) in [6.45, 7) is 2.78. The molecule has 0 aromatic heterocycles. The van der Waals surface area contributed by atoms with Crippen LogP contribution in [0, 0.1) is 0 Å². The molecule has 11 heteroatoms. The number of hydrogen-bond donors (Lipinski definition) is 2. The lowest BCUT2D eigenvalue weighted by molar-refractivity contribution is -0.253. The number of carbonyl (C=O) groups excluding carboxylic acids is 2. The molecule has 0 aliphatic carbocycles. The highest BCUT2D eigenvalue weighted by molar-refractivity contribution is 5.90. The number of benzene rings is 4. The van der Waals surface area contributed by atoms with E-state index in [2.05, 4.69) is 54.5 Å². The Morgan fingerprint density at radius 3 is 2.32 bits per heavy atom. The van der Waals surface area contributed by atoms with Crippen molar-refractivity contribution >= 4 is 22.6 Å². The van der Waals surface area contributed by atoms with Crippen LogP contribution in [0.5, 0.6) is 0 Å². The first-order valence-corrected chi connectivity index (χ1v) is 16.9. The van der Waals surface area contributed by atoms with Gasteiger partial charge in [0, 0.05) is 37.7 Å². The summed E-state index contributed by atoms with van der Waals surface area (Å²) in [5.41, 5.74) is 4.52. The number of fused-ring (bicyclic) bond motifs is 1. The van der Waals surface area contributed by atoms with E-state index in [1.54, 1.807) is 0 Å². The van der Waals surface area contributed by atoms with E-state index < -0.39 is 30.3 Å². The van der Waals surface area contributed by atoms with Crippen molar-refractivity contribution in [1.29, 1.82) is 0 Å². The van der Waals surface area contributed by atoms with Gasteiger partial charge in [-0.3, -0.25) is 14.5 Å². The second kappa shape index (κ2) is 15.3. The van der Waals surface area contributed by atoms with E-state index in [9.17, 15) is 27.9 Å². The molecule has 2 saturated heterocycles. The van der Waals surface area contributed by atoms with Gasteiger partial charge in [0.05, 0.1) is 18.8 Å². The van der Waals surface area contributed by atoms with Crippen molar-refractivity contribution in [3.8, 4) is 0 Å². The second-order valence-corrected chi connectivity index (χ2v) is 13.2. The highest BCUT2D eigenvalue weighted by Crippen LogP contribution is 2.39. The minimum absolute atomic E-state index is 0.0466. The van der Waals surface area contributed by atoms with Gasteiger partial charge in [0.2, 0.25) is 5.91 Å². The van der Waals surface area contributed by atoms with Crippen molar-refractivity contribution in [2.24, 2.45) is 0 Å². The van der Waals surface area contributed by atoms with Gasteiger partial charge in [-0.05, 0) is 65.9 Å². The van der Waals surface area contributed by atoms with Crippen LogP contribution >= 0.6 is 0 Å². The summed E-state index contributed by atoms with van der Waals surface area (Å²) >= 11 is 0. The summed E-state index contributed by atoms with van der Waals surface area (Å²) in [6.07, 6.45) is -4.98. The number of carbonyl (C=O) groups is 2. The number of hydrogen-bond acceptors (Lipinski definition) is 6. The molecule has 2 N–H and O–H groups in total. The molecular formula is C39H42F3N3O5. The highest BCUT2D eigenvalue weighted by Gasteiger charge is 2.47. The van der Waals surface area contributed by atoms with E-state index in [1.165, 1.54) is 16.3 Å². The fourth-order valence-corrected chi connectivity index (χ4v) is 6.78. The number of likely N-dealkylation sites (N-methyl/N-ethyl adjacent to an activating group) is 1. The van der Waals surface area contributed by atoms with Crippen LogP contribution in [0.3, 0.4) is 0 Å². The third-order valence-electron chi connectivity index (χ3n) is 9.80. The van der Waals surface area contributed by atoms with E-state index in [-0.39, 0.29) is 44.4 Å². The van der Waals surface area contributed by atoms with Gasteiger partial charge in [-0.25, -0.2) is 0 Å². The molecule has 2 amide bonds. The number of rotatable bonds is 10. The average molecular weight is 690 g/mol. The summed E-state index contributed by atoms with van der Waals surface area (Å²) in [7, 11) is 2.09. The molecule has 6 rings (SSSR count). The molecular weight excluding hydrogens is 647 g/mol. The van der Waals surface area contributed by atoms with Crippen molar-refractivity contribution in [1.82, 2.24) is 15.1 Å². The zero-order valence-corrected chi connectivity index (χ0v) is 28.1. The number of likely N-dealkylation sites (tertiary alicyclic amines) is 1. The Balaban J connectivity index is 1.13. The van der Waals surface area contributed by atoms with Crippen molar-refractivity contribution in [3.63, 3.8) is 0 Å². The summed E-state index contributed by atoms with van der Waals surface area (Å²) in [5, 5.41) is 14.6. The molecule has 50 heavy (non-hydrogen) atoms. The number of aliphatic hydroxyl groups excluding tert-OH is 1. The molecule has 264 valence electrons.